The maximum Gasteiger partial charge on any atom is 0.270 e. The van der Waals surface area contributed by atoms with E-state index < -0.39 is 0 Å². The molecular formula is C13H17N3OS. The van der Waals surface area contributed by atoms with Crippen LogP contribution in [0.1, 0.15) is 44.3 Å². The molecule has 1 saturated carbocycles. The average molecular weight is 263 g/mol. The summed E-state index contributed by atoms with van der Waals surface area (Å²) in [6.45, 7) is 2.31. The highest BCUT2D eigenvalue weighted by atomic mass is 32.1. The third-order valence-electron chi connectivity index (χ3n) is 3.71. The highest BCUT2D eigenvalue weighted by Gasteiger charge is 2.24. The predicted molar refractivity (Wildman–Crippen MR) is 72.4 cm³/mol. The molecule has 1 fully saturated rings. The minimum absolute atomic E-state index is 0.458. The van der Waals surface area contributed by atoms with E-state index in [0.29, 0.717) is 17.5 Å². The maximum absolute atomic E-state index is 5.86. The van der Waals surface area contributed by atoms with E-state index >= 15 is 0 Å². The van der Waals surface area contributed by atoms with Gasteiger partial charge in [-0.25, -0.2) is 0 Å². The summed E-state index contributed by atoms with van der Waals surface area (Å²) in [4.78, 5) is 5.40. The lowest BCUT2D eigenvalue weighted by molar-refractivity contribution is 0.329. The average Bonchev–Trinajstić information content (AvgIpc) is 2.98. The molecule has 2 aromatic heterocycles. The Morgan fingerprint density at radius 1 is 1.33 bits per heavy atom. The number of hydrogen-bond acceptors (Lipinski definition) is 5. The summed E-state index contributed by atoms with van der Waals surface area (Å²) < 4.78 is 5.34. The van der Waals surface area contributed by atoms with Crippen molar-refractivity contribution in [1.29, 1.82) is 0 Å². The van der Waals surface area contributed by atoms with Crippen LogP contribution in [-0.2, 0) is 0 Å². The van der Waals surface area contributed by atoms with E-state index in [1.807, 2.05) is 11.4 Å². The molecule has 3 rings (SSSR count). The molecule has 0 saturated heterocycles. The third-order valence-corrected chi connectivity index (χ3v) is 4.63. The molecule has 1 aliphatic rings. The van der Waals surface area contributed by atoms with Crippen molar-refractivity contribution in [3.8, 4) is 10.8 Å². The molecule has 4 nitrogen and oxygen atoms in total. The number of anilines is 1. The molecule has 96 valence electrons. The van der Waals surface area contributed by atoms with E-state index in [2.05, 4.69) is 17.1 Å². The van der Waals surface area contributed by atoms with E-state index in [1.54, 1.807) is 11.3 Å². The van der Waals surface area contributed by atoms with Gasteiger partial charge in [0.05, 0.1) is 5.69 Å². The van der Waals surface area contributed by atoms with Crippen LogP contribution in [0.25, 0.3) is 10.8 Å². The largest absolute Gasteiger partial charge is 0.397 e. The van der Waals surface area contributed by atoms with Crippen molar-refractivity contribution >= 4 is 17.0 Å². The summed E-state index contributed by atoms with van der Waals surface area (Å²) in [5.41, 5.74) is 6.58. The monoisotopic (exact) mass is 263 g/mol. The van der Waals surface area contributed by atoms with Gasteiger partial charge in [0, 0.05) is 5.92 Å². The molecule has 18 heavy (non-hydrogen) atoms. The Balaban J connectivity index is 1.80. The molecule has 1 aliphatic carbocycles. The molecule has 0 aromatic carbocycles. The molecule has 0 bridgehead atoms. The van der Waals surface area contributed by atoms with Crippen molar-refractivity contribution in [2.45, 2.75) is 38.5 Å². The van der Waals surface area contributed by atoms with E-state index in [1.165, 1.54) is 25.7 Å². The van der Waals surface area contributed by atoms with Gasteiger partial charge in [0.15, 0.2) is 5.82 Å². The number of nitrogen functional groups attached to an aromatic ring is 1. The van der Waals surface area contributed by atoms with Gasteiger partial charge in [0.25, 0.3) is 5.89 Å². The van der Waals surface area contributed by atoms with Crippen LogP contribution in [-0.4, -0.2) is 10.1 Å². The Kier molecular flexibility index (Phi) is 3.07. The standard InChI is InChI=1S/C13H17N3OS/c1-8-2-4-9(5-3-8)12-15-13(17-16-12)11-10(14)6-7-18-11/h6-9H,2-5,14H2,1H3. The van der Waals surface area contributed by atoms with Gasteiger partial charge in [-0.3, -0.25) is 0 Å². The molecule has 0 amide bonds. The van der Waals surface area contributed by atoms with Crippen molar-refractivity contribution in [2.75, 3.05) is 5.73 Å². The summed E-state index contributed by atoms with van der Waals surface area (Å²) in [6, 6.07) is 1.87. The Morgan fingerprint density at radius 2 is 2.11 bits per heavy atom. The second kappa shape index (κ2) is 4.72. The summed E-state index contributed by atoms with van der Waals surface area (Å²) in [7, 11) is 0. The lowest BCUT2D eigenvalue weighted by Crippen LogP contribution is -2.11. The fourth-order valence-corrected chi connectivity index (χ4v) is 3.24. The molecule has 0 radical (unpaired) electrons. The van der Waals surface area contributed by atoms with Crippen LogP contribution in [0.5, 0.6) is 0 Å². The van der Waals surface area contributed by atoms with Gasteiger partial charge >= 0.3 is 0 Å². The van der Waals surface area contributed by atoms with Gasteiger partial charge in [-0.2, -0.15) is 4.98 Å². The molecule has 0 atom stereocenters. The minimum Gasteiger partial charge on any atom is -0.397 e. The van der Waals surface area contributed by atoms with Crippen LogP contribution in [0, 0.1) is 5.92 Å². The van der Waals surface area contributed by atoms with Gasteiger partial charge in [-0.05, 0) is 30.2 Å². The highest BCUT2D eigenvalue weighted by Crippen LogP contribution is 2.36. The van der Waals surface area contributed by atoms with Gasteiger partial charge < -0.3 is 10.3 Å². The van der Waals surface area contributed by atoms with Crippen molar-refractivity contribution < 1.29 is 4.52 Å². The first kappa shape index (κ1) is 11.7. The van der Waals surface area contributed by atoms with Crippen molar-refractivity contribution in [3.05, 3.63) is 17.3 Å². The first-order valence-electron chi connectivity index (χ1n) is 6.41. The van der Waals surface area contributed by atoms with Gasteiger partial charge in [-0.1, -0.05) is 24.9 Å². The zero-order valence-electron chi connectivity index (χ0n) is 10.4. The quantitative estimate of drug-likeness (QED) is 0.897. The van der Waals surface area contributed by atoms with Crippen LogP contribution >= 0.6 is 11.3 Å². The summed E-state index contributed by atoms with van der Waals surface area (Å²) in [5, 5.41) is 6.07. The number of aromatic nitrogens is 2. The van der Waals surface area contributed by atoms with Crippen molar-refractivity contribution in [1.82, 2.24) is 10.1 Å². The molecule has 0 unspecified atom stereocenters. The number of hydrogen-bond donors (Lipinski definition) is 1. The maximum atomic E-state index is 5.86. The lowest BCUT2D eigenvalue weighted by atomic mass is 9.83. The second-order valence-electron chi connectivity index (χ2n) is 5.12. The lowest BCUT2D eigenvalue weighted by Gasteiger charge is -2.23. The van der Waals surface area contributed by atoms with E-state index in [-0.39, 0.29) is 0 Å². The minimum atomic E-state index is 0.458. The van der Waals surface area contributed by atoms with E-state index in [4.69, 9.17) is 10.3 Å². The van der Waals surface area contributed by atoms with Gasteiger partial charge in [-0.15, -0.1) is 11.3 Å². The van der Waals surface area contributed by atoms with E-state index in [9.17, 15) is 0 Å². The highest BCUT2D eigenvalue weighted by molar-refractivity contribution is 7.14. The Morgan fingerprint density at radius 3 is 2.78 bits per heavy atom. The Bertz CT molecular complexity index is 526. The van der Waals surface area contributed by atoms with Crippen LogP contribution in [0.4, 0.5) is 5.69 Å². The fraction of sp³-hybridized carbons (Fsp3) is 0.538. The van der Waals surface area contributed by atoms with Crippen LogP contribution in [0.2, 0.25) is 0 Å². The first-order chi connectivity index (χ1) is 8.74. The summed E-state index contributed by atoms with van der Waals surface area (Å²) in [6.07, 6.45) is 4.85. The topological polar surface area (TPSA) is 64.9 Å². The van der Waals surface area contributed by atoms with Crippen LogP contribution in [0.15, 0.2) is 16.0 Å². The van der Waals surface area contributed by atoms with E-state index in [0.717, 1.165) is 16.6 Å². The number of nitrogens with two attached hydrogens (primary N) is 1. The zero-order valence-corrected chi connectivity index (χ0v) is 11.2. The number of thiophene rings is 1. The Hall–Kier alpha value is -1.36. The number of nitrogens with zero attached hydrogens (tertiary/aromatic N) is 2. The first-order valence-corrected chi connectivity index (χ1v) is 7.29. The molecule has 2 aromatic rings. The van der Waals surface area contributed by atoms with Gasteiger partial charge in [0.1, 0.15) is 4.88 Å². The molecule has 0 aliphatic heterocycles. The second-order valence-corrected chi connectivity index (χ2v) is 6.04. The van der Waals surface area contributed by atoms with Gasteiger partial charge in [0.2, 0.25) is 0 Å². The van der Waals surface area contributed by atoms with Crippen LogP contribution < -0.4 is 5.73 Å². The molecule has 5 heteroatoms. The summed E-state index contributed by atoms with van der Waals surface area (Å²) in [5.74, 6) is 2.71. The SMILES string of the molecule is CC1CCC(c2noc(-c3sccc3N)n2)CC1. The predicted octanol–water partition coefficient (Wildman–Crippen LogP) is 3.67. The third kappa shape index (κ3) is 2.14. The zero-order chi connectivity index (χ0) is 12.5. The molecule has 2 heterocycles. The Labute approximate surface area is 110 Å². The van der Waals surface area contributed by atoms with Crippen molar-refractivity contribution in [2.24, 2.45) is 5.92 Å². The summed E-state index contributed by atoms with van der Waals surface area (Å²) >= 11 is 1.54. The smallest absolute Gasteiger partial charge is 0.270 e. The molecular weight excluding hydrogens is 246 g/mol. The van der Waals surface area contributed by atoms with Crippen molar-refractivity contribution in [3.63, 3.8) is 0 Å². The fourth-order valence-electron chi connectivity index (χ4n) is 2.50. The normalized spacial score (nSPS) is 24.3. The molecule has 2 N–H and O–H groups in total. The molecule has 0 spiro atoms. The van der Waals surface area contributed by atoms with Crippen LogP contribution in [0.3, 0.4) is 0 Å². The number of rotatable bonds is 2.